The summed E-state index contributed by atoms with van der Waals surface area (Å²) in [5.41, 5.74) is 0. The first-order chi connectivity index (χ1) is 10.9. The molecule has 1 saturated heterocycles. The van der Waals surface area contributed by atoms with Crippen molar-refractivity contribution < 1.29 is 14.4 Å². The van der Waals surface area contributed by atoms with Crippen LogP contribution in [0.1, 0.15) is 19.3 Å². The molecule has 0 aromatic heterocycles. The normalized spacial score (nSPS) is 19.7. The minimum atomic E-state index is -0.398. The number of carbonyl (C=O) groups excluding carboxylic acids is 3. The van der Waals surface area contributed by atoms with Crippen LogP contribution in [-0.2, 0) is 9.59 Å². The van der Waals surface area contributed by atoms with Crippen LogP contribution >= 0.6 is 0 Å². The number of amides is 4. The molecule has 2 rings (SSSR count). The number of urea groups is 1. The van der Waals surface area contributed by atoms with Gasteiger partial charge >= 0.3 is 6.03 Å². The van der Waals surface area contributed by atoms with E-state index in [0.717, 1.165) is 45.4 Å². The van der Waals surface area contributed by atoms with Gasteiger partial charge < -0.3 is 10.2 Å². The molecule has 1 aliphatic carbocycles. The maximum absolute atomic E-state index is 11.9. The fraction of sp³-hybridized carbons (Fsp3) is 0.800. The summed E-state index contributed by atoms with van der Waals surface area (Å²) < 4.78 is 0. The molecule has 0 spiro atoms. The van der Waals surface area contributed by atoms with Gasteiger partial charge in [0, 0.05) is 33.2 Å². The van der Waals surface area contributed by atoms with Gasteiger partial charge in [-0.05, 0) is 32.4 Å². The number of imide groups is 1. The topological polar surface area (TPSA) is 85.0 Å². The third-order valence-electron chi connectivity index (χ3n) is 4.07. The number of carbonyl (C=O) groups is 3. The Morgan fingerprint density at radius 1 is 1.00 bits per heavy atom. The summed E-state index contributed by atoms with van der Waals surface area (Å²) in [5, 5.41) is 5.11. The largest absolute Gasteiger partial charge is 0.348 e. The van der Waals surface area contributed by atoms with Crippen LogP contribution in [0, 0.1) is 0 Å². The van der Waals surface area contributed by atoms with Gasteiger partial charge in [-0.2, -0.15) is 0 Å². The predicted octanol–water partition coefficient (Wildman–Crippen LogP) is -0.929. The number of rotatable bonds is 5. The van der Waals surface area contributed by atoms with E-state index in [0.29, 0.717) is 6.54 Å². The van der Waals surface area contributed by atoms with Gasteiger partial charge in [0.1, 0.15) is 0 Å². The molecule has 1 aliphatic heterocycles. The molecule has 4 amide bonds. The van der Waals surface area contributed by atoms with Crippen molar-refractivity contribution >= 4 is 17.8 Å². The van der Waals surface area contributed by atoms with Gasteiger partial charge in [0.05, 0.1) is 13.1 Å². The van der Waals surface area contributed by atoms with E-state index in [1.807, 2.05) is 4.90 Å². The summed E-state index contributed by atoms with van der Waals surface area (Å²) in [6.45, 7) is 3.74. The van der Waals surface area contributed by atoms with Crippen molar-refractivity contribution in [3.8, 4) is 0 Å². The fourth-order valence-corrected chi connectivity index (χ4v) is 2.49. The Balaban J connectivity index is 1.68. The van der Waals surface area contributed by atoms with Crippen molar-refractivity contribution in [3.63, 3.8) is 0 Å². The van der Waals surface area contributed by atoms with E-state index in [4.69, 9.17) is 0 Å². The van der Waals surface area contributed by atoms with E-state index in [-0.39, 0.29) is 24.4 Å². The van der Waals surface area contributed by atoms with Crippen molar-refractivity contribution in [3.05, 3.63) is 0 Å². The second-order valence-electron chi connectivity index (χ2n) is 6.49. The van der Waals surface area contributed by atoms with Gasteiger partial charge in [-0.3, -0.25) is 24.7 Å². The van der Waals surface area contributed by atoms with Crippen LogP contribution < -0.4 is 10.6 Å². The summed E-state index contributed by atoms with van der Waals surface area (Å²) in [4.78, 5) is 40.9. The predicted molar refractivity (Wildman–Crippen MR) is 85.9 cm³/mol. The van der Waals surface area contributed by atoms with Crippen LogP contribution in [0.3, 0.4) is 0 Å². The highest BCUT2D eigenvalue weighted by atomic mass is 16.2. The van der Waals surface area contributed by atoms with Crippen LogP contribution in [0.4, 0.5) is 4.79 Å². The molecule has 130 valence electrons. The number of likely N-dealkylation sites (N-methyl/N-ethyl adjacent to an activating group) is 1. The molecule has 2 N–H and O–H groups in total. The number of nitrogens with zero attached hydrogens (tertiary/aromatic N) is 3. The van der Waals surface area contributed by atoms with Crippen LogP contribution in [0.15, 0.2) is 0 Å². The van der Waals surface area contributed by atoms with Crippen LogP contribution in [0.25, 0.3) is 0 Å². The Morgan fingerprint density at radius 2 is 1.61 bits per heavy atom. The fourth-order valence-electron chi connectivity index (χ4n) is 2.49. The first kappa shape index (κ1) is 17.7. The monoisotopic (exact) mass is 325 g/mol. The van der Waals surface area contributed by atoms with Crippen molar-refractivity contribution in [2.24, 2.45) is 0 Å². The summed E-state index contributed by atoms with van der Waals surface area (Å²) in [6, 6.07) is -0.158. The number of hydrogen-bond donors (Lipinski definition) is 2. The van der Waals surface area contributed by atoms with E-state index in [1.165, 1.54) is 0 Å². The van der Waals surface area contributed by atoms with Crippen molar-refractivity contribution in [1.82, 2.24) is 25.3 Å². The van der Waals surface area contributed by atoms with Crippen molar-refractivity contribution in [1.29, 1.82) is 0 Å². The summed E-state index contributed by atoms with van der Waals surface area (Å²) >= 11 is 0. The molecule has 2 fully saturated rings. The van der Waals surface area contributed by atoms with Crippen molar-refractivity contribution in [2.75, 3.05) is 53.4 Å². The standard InChI is InChI=1S/C15H27N5O3/c1-18(2)14(22)11-20-7-3-6-19(8-9-20)10-13(21)17-15(23)16-12-4-5-12/h12H,3-11H2,1-2H3,(H2,16,17,21,23). The minimum absolute atomic E-state index is 0.0907. The van der Waals surface area contributed by atoms with Gasteiger partial charge in [0.15, 0.2) is 0 Å². The van der Waals surface area contributed by atoms with E-state index < -0.39 is 6.03 Å². The van der Waals surface area contributed by atoms with Crippen LogP contribution in [0.5, 0.6) is 0 Å². The van der Waals surface area contributed by atoms with Crippen LogP contribution in [-0.4, -0.2) is 92.0 Å². The minimum Gasteiger partial charge on any atom is -0.348 e. The van der Waals surface area contributed by atoms with Crippen molar-refractivity contribution in [2.45, 2.75) is 25.3 Å². The summed E-state index contributed by atoms with van der Waals surface area (Å²) in [6.07, 6.45) is 2.90. The molecular weight excluding hydrogens is 298 g/mol. The zero-order chi connectivity index (χ0) is 16.8. The molecule has 1 heterocycles. The molecular formula is C15H27N5O3. The average Bonchev–Trinajstić information content (AvgIpc) is 3.27. The maximum Gasteiger partial charge on any atom is 0.321 e. The molecule has 8 nitrogen and oxygen atoms in total. The zero-order valence-electron chi connectivity index (χ0n) is 14.0. The lowest BCUT2D eigenvalue weighted by Crippen LogP contribution is -2.46. The maximum atomic E-state index is 11.9. The number of hydrogen-bond acceptors (Lipinski definition) is 5. The molecule has 0 aromatic rings. The third kappa shape index (κ3) is 6.54. The third-order valence-corrected chi connectivity index (χ3v) is 4.07. The summed E-state index contributed by atoms with van der Waals surface area (Å²) in [5.74, 6) is -0.186. The molecule has 0 unspecified atom stereocenters. The highest BCUT2D eigenvalue weighted by Crippen LogP contribution is 2.18. The van der Waals surface area contributed by atoms with Crippen LogP contribution in [0.2, 0.25) is 0 Å². The second-order valence-corrected chi connectivity index (χ2v) is 6.49. The van der Waals surface area contributed by atoms with E-state index >= 15 is 0 Å². The Hall–Kier alpha value is -1.67. The Bertz CT molecular complexity index is 450. The number of nitrogens with one attached hydrogen (secondary N) is 2. The van der Waals surface area contributed by atoms with Gasteiger partial charge in [-0.1, -0.05) is 0 Å². The van der Waals surface area contributed by atoms with E-state index in [9.17, 15) is 14.4 Å². The molecule has 0 radical (unpaired) electrons. The quantitative estimate of drug-likeness (QED) is 0.682. The van der Waals surface area contributed by atoms with E-state index in [1.54, 1.807) is 19.0 Å². The molecule has 2 aliphatic rings. The Labute approximate surface area is 137 Å². The lowest BCUT2D eigenvalue weighted by molar-refractivity contribution is -0.130. The van der Waals surface area contributed by atoms with Gasteiger partial charge in [-0.25, -0.2) is 4.79 Å². The molecule has 0 bridgehead atoms. The zero-order valence-corrected chi connectivity index (χ0v) is 14.0. The van der Waals surface area contributed by atoms with Gasteiger partial charge in [0.25, 0.3) is 0 Å². The molecule has 23 heavy (non-hydrogen) atoms. The molecule has 0 aromatic carbocycles. The molecule has 8 heteroatoms. The SMILES string of the molecule is CN(C)C(=O)CN1CCCN(CC(=O)NC(=O)NC2CC2)CC1. The smallest absolute Gasteiger partial charge is 0.321 e. The lowest BCUT2D eigenvalue weighted by atomic mass is 10.3. The average molecular weight is 325 g/mol. The summed E-state index contributed by atoms with van der Waals surface area (Å²) in [7, 11) is 3.51. The first-order valence-electron chi connectivity index (χ1n) is 8.19. The highest BCUT2D eigenvalue weighted by Gasteiger charge is 2.24. The Morgan fingerprint density at radius 3 is 2.17 bits per heavy atom. The van der Waals surface area contributed by atoms with Gasteiger partial charge in [0.2, 0.25) is 11.8 Å². The van der Waals surface area contributed by atoms with E-state index in [2.05, 4.69) is 15.5 Å². The second kappa shape index (κ2) is 8.26. The Kier molecular flexibility index (Phi) is 6.35. The molecule has 1 saturated carbocycles. The first-order valence-corrected chi connectivity index (χ1v) is 8.19. The molecule has 0 atom stereocenters. The van der Waals surface area contributed by atoms with Gasteiger partial charge in [-0.15, -0.1) is 0 Å². The highest BCUT2D eigenvalue weighted by molar-refractivity contribution is 5.95. The lowest BCUT2D eigenvalue weighted by Gasteiger charge is -2.22.